The third-order valence-electron chi connectivity index (χ3n) is 6.01. The van der Waals surface area contributed by atoms with Gasteiger partial charge < -0.3 is 10.1 Å². The lowest BCUT2D eigenvalue weighted by atomic mass is 10.0. The second-order valence-electron chi connectivity index (χ2n) is 8.89. The summed E-state index contributed by atoms with van der Waals surface area (Å²) in [7, 11) is 0. The predicted octanol–water partition coefficient (Wildman–Crippen LogP) is 7.48. The number of hydrogen-bond acceptors (Lipinski definition) is 4. The van der Waals surface area contributed by atoms with Crippen LogP contribution in [0.15, 0.2) is 97.1 Å². The van der Waals surface area contributed by atoms with E-state index in [0.29, 0.717) is 44.3 Å². The zero-order valence-electron chi connectivity index (χ0n) is 21.1. The maximum atomic E-state index is 14.2. The molecule has 0 aliphatic heterocycles. The third kappa shape index (κ3) is 5.58. The summed E-state index contributed by atoms with van der Waals surface area (Å²) in [5.41, 5.74) is 4.72. The normalized spacial score (nSPS) is 10.8. The fourth-order valence-corrected chi connectivity index (χ4v) is 4.38. The van der Waals surface area contributed by atoms with Gasteiger partial charge in [0.15, 0.2) is 0 Å². The number of ether oxygens (including phenoxy) is 1. The van der Waals surface area contributed by atoms with E-state index in [4.69, 9.17) is 21.4 Å². The van der Waals surface area contributed by atoms with E-state index in [0.717, 1.165) is 5.56 Å². The van der Waals surface area contributed by atoms with Gasteiger partial charge in [-0.15, -0.1) is 0 Å². The lowest BCUT2D eigenvalue weighted by molar-refractivity contribution is -0.132. The Hall–Kier alpha value is -4.75. The van der Waals surface area contributed by atoms with Crippen LogP contribution in [0.2, 0.25) is 5.02 Å². The number of halogens is 2. The van der Waals surface area contributed by atoms with E-state index in [1.165, 1.54) is 23.7 Å². The first-order chi connectivity index (χ1) is 18.8. The van der Waals surface area contributed by atoms with E-state index in [2.05, 4.69) is 5.32 Å². The van der Waals surface area contributed by atoms with Crippen LogP contribution in [0.4, 0.5) is 10.1 Å². The maximum Gasteiger partial charge on any atom is 0.309 e. The average molecular weight is 540 g/mol. The number of amides is 1. The van der Waals surface area contributed by atoms with Crippen molar-refractivity contribution in [3.05, 3.63) is 119 Å². The highest BCUT2D eigenvalue weighted by Crippen LogP contribution is 2.41. The molecule has 0 spiro atoms. The summed E-state index contributed by atoms with van der Waals surface area (Å²) in [5.74, 6) is -1.10. The van der Waals surface area contributed by atoms with Crippen LogP contribution in [0.5, 0.6) is 5.88 Å². The second kappa shape index (κ2) is 10.9. The largest absolute Gasteiger partial charge is 0.407 e. The van der Waals surface area contributed by atoms with Crippen LogP contribution in [-0.2, 0) is 4.79 Å². The first-order valence-electron chi connectivity index (χ1n) is 12.1. The summed E-state index contributed by atoms with van der Waals surface area (Å²) in [6.45, 7) is 3.28. The van der Waals surface area contributed by atoms with E-state index in [1.807, 2.05) is 31.2 Å². The number of anilines is 1. The average Bonchev–Trinajstić information content (AvgIpc) is 3.28. The number of nitrogens with zero attached hydrogens (tertiary/aromatic N) is 2. The molecule has 1 heterocycles. The number of benzene rings is 4. The molecule has 0 saturated carbocycles. The lowest BCUT2D eigenvalue weighted by Crippen LogP contribution is -2.12. The molecule has 6 nitrogen and oxygen atoms in total. The molecule has 0 saturated heterocycles. The molecule has 4 aromatic carbocycles. The molecule has 5 rings (SSSR count). The van der Waals surface area contributed by atoms with Gasteiger partial charge in [-0.2, -0.15) is 9.78 Å². The number of rotatable bonds is 6. The van der Waals surface area contributed by atoms with Crippen LogP contribution in [0.3, 0.4) is 0 Å². The van der Waals surface area contributed by atoms with Crippen molar-refractivity contribution in [2.75, 3.05) is 5.32 Å². The van der Waals surface area contributed by atoms with Crippen LogP contribution < -0.4 is 10.1 Å². The van der Waals surface area contributed by atoms with Crippen molar-refractivity contribution in [3.63, 3.8) is 0 Å². The minimum absolute atomic E-state index is 0.193. The van der Waals surface area contributed by atoms with Crippen LogP contribution in [0, 0.1) is 12.7 Å². The van der Waals surface area contributed by atoms with Gasteiger partial charge in [-0.3, -0.25) is 9.59 Å². The fraction of sp³-hybridized carbons (Fsp3) is 0.0645. The molecule has 0 fully saturated rings. The number of carbonyl (C=O) groups is 2. The van der Waals surface area contributed by atoms with Gasteiger partial charge in [0.1, 0.15) is 11.5 Å². The molecule has 39 heavy (non-hydrogen) atoms. The third-order valence-corrected chi connectivity index (χ3v) is 6.34. The molecule has 0 radical (unpaired) electrons. The highest BCUT2D eigenvalue weighted by Gasteiger charge is 2.25. The van der Waals surface area contributed by atoms with E-state index in [1.54, 1.807) is 60.7 Å². The van der Waals surface area contributed by atoms with Gasteiger partial charge in [-0.25, -0.2) is 4.39 Å². The molecule has 1 amide bonds. The molecule has 0 atom stereocenters. The Morgan fingerprint density at radius 1 is 0.897 bits per heavy atom. The lowest BCUT2D eigenvalue weighted by Gasteiger charge is -2.11. The molecular weight excluding hydrogens is 517 g/mol. The highest BCUT2D eigenvalue weighted by atomic mass is 35.5. The molecule has 5 aromatic rings. The molecule has 1 N–H and O–H groups in total. The molecule has 8 heteroatoms. The Balaban J connectivity index is 1.62. The predicted molar refractivity (Wildman–Crippen MR) is 150 cm³/mol. The van der Waals surface area contributed by atoms with Crippen molar-refractivity contribution in [3.8, 4) is 34.0 Å². The minimum atomic E-state index is -0.529. The Morgan fingerprint density at radius 3 is 2.28 bits per heavy atom. The Morgan fingerprint density at radius 2 is 1.62 bits per heavy atom. The first-order valence-corrected chi connectivity index (χ1v) is 12.5. The van der Waals surface area contributed by atoms with Gasteiger partial charge in [-0.05, 0) is 61.0 Å². The van der Waals surface area contributed by atoms with Crippen LogP contribution >= 0.6 is 11.6 Å². The molecule has 0 aliphatic rings. The number of hydrogen-bond donors (Lipinski definition) is 1. The highest BCUT2D eigenvalue weighted by molar-refractivity contribution is 6.34. The summed E-state index contributed by atoms with van der Waals surface area (Å²) in [4.78, 5) is 24.9. The summed E-state index contributed by atoms with van der Waals surface area (Å²) in [6.07, 6.45) is 0. The van der Waals surface area contributed by atoms with Crippen LogP contribution in [0.25, 0.3) is 28.1 Å². The van der Waals surface area contributed by atoms with Crippen molar-refractivity contribution in [1.82, 2.24) is 9.78 Å². The van der Waals surface area contributed by atoms with Gasteiger partial charge in [0.25, 0.3) is 5.91 Å². The molecule has 0 aliphatic carbocycles. The number of aromatic nitrogens is 2. The smallest absolute Gasteiger partial charge is 0.309 e. The summed E-state index contributed by atoms with van der Waals surface area (Å²) in [5, 5.41) is 7.94. The van der Waals surface area contributed by atoms with Crippen molar-refractivity contribution < 1.29 is 18.7 Å². The summed E-state index contributed by atoms with van der Waals surface area (Å²) < 4.78 is 21.5. The van der Waals surface area contributed by atoms with Crippen molar-refractivity contribution in [1.29, 1.82) is 0 Å². The molecule has 0 unspecified atom stereocenters. The molecular formula is C31H23ClFN3O3. The molecule has 1 aromatic heterocycles. The topological polar surface area (TPSA) is 73.2 Å². The fourth-order valence-electron chi connectivity index (χ4n) is 4.16. The Kier molecular flexibility index (Phi) is 7.25. The van der Waals surface area contributed by atoms with Gasteiger partial charge in [-0.1, -0.05) is 65.7 Å². The minimum Gasteiger partial charge on any atom is -0.407 e. The van der Waals surface area contributed by atoms with Gasteiger partial charge in [0, 0.05) is 18.2 Å². The van der Waals surface area contributed by atoms with Crippen LogP contribution in [0.1, 0.15) is 22.8 Å². The zero-order chi connectivity index (χ0) is 27.5. The van der Waals surface area contributed by atoms with Crippen LogP contribution in [-0.4, -0.2) is 21.7 Å². The zero-order valence-corrected chi connectivity index (χ0v) is 21.9. The van der Waals surface area contributed by atoms with Crippen molar-refractivity contribution >= 4 is 29.2 Å². The molecule has 0 bridgehead atoms. The summed E-state index contributed by atoms with van der Waals surface area (Å²) >= 11 is 6.16. The van der Waals surface area contributed by atoms with E-state index in [-0.39, 0.29) is 11.8 Å². The van der Waals surface area contributed by atoms with E-state index < -0.39 is 11.8 Å². The number of carbonyl (C=O) groups excluding carboxylic acids is 2. The Bertz CT molecular complexity index is 1680. The standard InChI is InChI=1S/C31H23ClFN3O3/c1-19-10-16-25(17-11-19)36-31(39-20(2)37)28(29(35-36)22-6-5-7-23(33)18-22)21-12-14-24(15-13-21)34-30(38)26-8-3-4-9-27(26)32/h3-18H,1-2H3,(H,34,38). The summed E-state index contributed by atoms with van der Waals surface area (Å²) in [6, 6.07) is 27.4. The SMILES string of the molecule is CC(=O)Oc1c(-c2ccc(NC(=O)c3ccccc3Cl)cc2)c(-c2cccc(F)c2)nn1-c1ccc(C)cc1. The molecule has 194 valence electrons. The van der Waals surface area contributed by atoms with E-state index in [9.17, 15) is 14.0 Å². The number of aryl methyl sites for hydroxylation is 1. The second-order valence-corrected chi connectivity index (χ2v) is 9.30. The first kappa shape index (κ1) is 25.9. The van der Waals surface area contributed by atoms with Gasteiger partial charge >= 0.3 is 5.97 Å². The number of esters is 1. The monoisotopic (exact) mass is 539 g/mol. The van der Waals surface area contributed by atoms with Crippen molar-refractivity contribution in [2.45, 2.75) is 13.8 Å². The van der Waals surface area contributed by atoms with E-state index >= 15 is 0 Å². The van der Waals surface area contributed by atoms with Crippen molar-refractivity contribution in [2.24, 2.45) is 0 Å². The quantitative estimate of drug-likeness (QED) is 0.227. The van der Waals surface area contributed by atoms with Gasteiger partial charge in [0.2, 0.25) is 5.88 Å². The van der Waals surface area contributed by atoms with Gasteiger partial charge in [0.05, 0.1) is 21.8 Å². The number of nitrogens with one attached hydrogen (secondary N) is 1. The Labute approximate surface area is 229 Å². The maximum absolute atomic E-state index is 14.2.